The van der Waals surface area contributed by atoms with Crippen molar-refractivity contribution in [2.75, 3.05) is 13.1 Å². The van der Waals surface area contributed by atoms with E-state index >= 15 is 0 Å². The highest BCUT2D eigenvalue weighted by Gasteiger charge is 2.31. The number of nitrogens with zero attached hydrogens (tertiary/aromatic N) is 1. The first-order valence-electron chi connectivity index (χ1n) is 9.50. The van der Waals surface area contributed by atoms with E-state index < -0.39 is 11.7 Å². The van der Waals surface area contributed by atoms with E-state index in [1.807, 2.05) is 6.07 Å². The molecular formula is C22H24F3N. The molecular weight excluding hydrogens is 335 g/mol. The molecule has 26 heavy (non-hydrogen) atoms. The van der Waals surface area contributed by atoms with Crippen molar-refractivity contribution in [1.29, 1.82) is 0 Å². The number of halogens is 3. The normalized spacial score (nSPS) is 17.7. The molecule has 4 rings (SSSR count). The maximum absolute atomic E-state index is 13.4. The van der Waals surface area contributed by atoms with Crippen molar-refractivity contribution < 1.29 is 13.2 Å². The van der Waals surface area contributed by atoms with E-state index in [0.29, 0.717) is 13.0 Å². The topological polar surface area (TPSA) is 3.24 Å². The molecule has 2 aromatic carbocycles. The van der Waals surface area contributed by atoms with Gasteiger partial charge in [0.05, 0.1) is 5.56 Å². The van der Waals surface area contributed by atoms with Gasteiger partial charge in [0.15, 0.2) is 0 Å². The Morgan fingerprint density at radius 1 is 0.769 bits per heavy atom. The van der Waals surface area contributed by atoms with E-state index in [0.717, 1.165) is 55.5 Å². The Balaban J connectivity index is 1.61. The second kappa shape index (κ2) is 7.07. The molecule has 1 aliphatic heterocycles. The van der Waals surface area contributed by atoms with Crippen LogP contribution in [-0.2, 0) is 32.0 Å². The maximum atomic E-state index is 13.4. The summed E-state index contributed by atoms with van der Waals surface area (Å²) in [6.07, 6.45) is 1.94. The zero-order chi connectivity index (χ0) is 18.1. The molecule has 0 atom stereocenters. The van der Waals surface area contributed by atoms with Crippen LogP contribution in [-0.4, -0.2) is 18.0 Å². The zero-order valence-electron chi connectivity index (χ0n) is 14.9. The van der Waals surface area contributed by atoms with Gasteiger partial charge in [-0.1, -0.05) is 24.3 Å². The van der Waals surface area contributed by atoms with Gasteiger partial charge in [-0.3, -0.25) is 4.90 Å². The average Bonchev–Trinajstić information content (AvgIpc) is 3.25. The predicted octanol–water partition coefficient (Wildman–Crippen LogP) is 5.38. The molecule has 2 aliphatic rings. The van der Waals surface area contributed by atoms with E-state index in [1.165, 1.54) is 29.7 Å². The Labute approximate surface area is 152 Å². The third kappa shape index (κ3) is 3.96. The largest absolute Gasteiger partial charge is 0.416 e. The highest BCUT2D eigenvalue weighted by atomic mass is 19.4. The fraction of sp³-hybridized carbons (Fsp3) is 0.455. The van der Waals surface area contributed by atoms with E-state index in [-0.39, 0.29) is 0 Å². The molecule has 1 saturated heterocycles. The molecule has 0 bridgehead atoms. The number of hydrogen-bond donors (Lipinski definition) is 0. The first kappa shape index (κ1) is 17.6. The Morgan fingerprint density at radius 2 is 1.50 bits per heavy atom. The molecule has 0 spiro atoms. The van der Waals surface area contributed by atoms with E-state index in [2.05, 4.69) is 23.1 Å². The lowest BCUT2D eigenvalue weighted by Gasteiger charge is -2.18. The third-order valence-corrected chi connectivity index (χ3v) is 5.56. The van der Waals surface area contributed by atoms with Gasteiger partial charge in [0.1, 0.15) is 0 Å². The van der Waals surface area contributed by atoms with E-state index in [1.54, 1.807) is 0 Å². The maximum Gasteiger partial charge on any atom is 0.416 e. The number of likely N-dealkylation sites (tertiary alicyclic amines) is 1. The van der Waals surface area contributed by atoms with Crippen LogP contribution in [0.15, 0.2) is 36.4 Å². The van der Waals surface area contributed by atoms with Gasteiger partial charge in [-0.15, -0.1) is 0 Å². The molecule has 0 amide bonds. The summed E-state index contributed by atoms with van der Waals surface area (Å²) < 4.78 is 40.1. The Kier molecular flexibility index (Phi) is 4.78. The summed E-state index contributed by atoms with van der Waals surface area (Å²) >= 11 is 0. The Hall–Kier alpha value is -1.81. The number of fused-ring (bicyclic) bond motifs is 1. The summed E-state index contributed by atoms with van der Waals surface area (Å²) in [4.78, 5) is 2.24. The molecule has 4 heteroatoms. The van der Waals surface area contributed by atoms with Crippen LogP contribution in [0.25, 0.3) is 0 Å². The van der Waals surface area contributed by atoms with Gasteiger partial charge >= 0.3 is 6.18 Å². The van der Waals surface area contributed by atoms with Crippen LogP contribution < -0.4 is 0 Å². The van der Waals surface area contributed by atoms with Gasteiger partial charge in [0.2, 0.25) is 0 Å². The molecule has 0 unspecified atom stereocenters. The molecule has 0 radical (unpaired) electrons. The van der Waals surface area contributed by atoms with Crippen molar-refractivity contribution >= 4 is 0 Å². The molecule has 0 N–H and O–H groups in total. The average molecular weight is 359 g/mol. The number of alkyl halides is 3. The number of benzene rings is 2. The van der Waals surface area contributed by atoms with Crippen molar-refractivity contribution in [2.45, 2.75) is 51.2 Å². The Bertz CT molecular complexity index is 788. The fourth-order valence-corrected chi connectivity index (χ4v) is 4.29. The second-order valence-electron chi connectivity index (χ2n) is 7.65. The van der Waals surface area contributed by atoms with Crippen LogP contribution in [0.1, 0.15) is 52.6 Å². The summed E-state index contributed by atoms with van der Waals surface area (Å²) in [5.74, 6) is 0. The first-order valence-corrected chi connectivity index (χ1v) is 9.50. The summed E-state index contributed by atoms with van der Waals surface area (Å²) in [6.45, 7) is 2.58. The smallest absolute Gasteiger partial charge is 0.299 e. The SMILES string of the molecule is FC(F)(F)c1cc(Cc2ccc3c(c2)CCC3)cc(CN2CCCC2)c1. The third-order valence-electron chi connectivity index (χ3n) is 5.56. The number of hydrogen-bond acceptors (Lipinski definition) is 1. The summed E-state index contributed by atoms with van der Waals surface area (Å²) in [7, 11) is 0. The number of aryl methyl sites for hydroxylation is 2. The highest BCUT2D eigenvalue weighted by molar-refractivity contribution is 5.39. The highest BCUT2D eigenvalue weighted by Crippen LogP contribution is 2.32. The fourth-order valence-electron chi connectivity index (χ4n) is 4.29. The van der Waals surface area contributed by atoms with Crippen LogP contribution in [0.5, 0.6) is 0 Å². The minimum absolute atomic E-state index is 0.523. The van der Waals surface area contributed by atoms with Gasteiger partial charge in [-0.25, -0.2) is 0 Å². The summed E-state index contributed by atoms with van der Waals surface area (Å²) in [5, 5.41) is 0. The zero-order valence-corrected chi connectivity index (χ0v) is 14.9. The molecule has 1 fully saturated rings. The molecule has 1 aliphatic carbocycles. The summed E-state index contributed by atoms with van der Waals surface area (Å²) in [5.41, 5.74) is 4.88. The standard InChI is InChI=1S/C22H24F3N/c23-22(24,25)21-13-17(11-18(14-21)15-26-8-1-2-9-26)10-16-6-7-19-4-3-5-20(19)12-16/h6-7,11-14H,1-5,8-10,15H2. The van der Waals surface area contributed by atoms with Gasteiger partial charge < -0.3 is 0 Å². The van der Waals surface area contributed by atoms with Crippen LogP contribution >= 0.6 is 0 Å². The molecule has 2 aromatic rings. The lowest BCUT2D eigenvalue weighted by atomic mass is 9.97. The quantitative estimate of drug-likeness (QED) is 0.708. The van der Waals surface area contributed by atoms with Gasteiger partial charge in [0.25, 0.3) is 0 Å². The molecule has 0 aromatic heterocycles. The van der Waals surface area contributed by atoms with Crippen molar-refractivity contribution in [3.8, 4) is 0 Å². The minimum Gasteiger partial charge on any atom is -0.299 e. The minimum atomic E-state index is -4.30. The van der Waals surface area contributed by atoms with Crippen molar-refractivity contribution in [3.63, 3.8) is 0 Å². The molecule has 138 valence electrons. The molecule has 1 nitrogen and oxygen atoms in total. The van der Waals surface area contributed by atoms with Crippen molar-refractivity contribution in [1.82, 2.24) is 4.90 Å². The van der Waals surface area contributed by atoms with Gasteiger partial charge in [0, 0.05) is 6.54 Å². The monoisotopic (exact) mass is 359 g/mol. The second-order valence-corrected chi connectivity index (χ2v) is 7.65. The van der Waals surface area contributed by atoms with Crippen LogP contribution in [0.4, 0.5) is 13.2 Å². The van der Waals surface area contributed by atoms with Crippen molar-refractivity contribution in [2.24, 2.45) is 0 Å². The van der Waals surface area contributed by atoms with Crippen molar-refractivity contribution in [3.05, 3.63) is 69.8 Å². The van der Waals surface area contributed by atoms with Crippen LogP contribution in [0.3, 0.4) is 0 Å². The van der Waals surface area contributed by atoms with Crippen LogP contribution in [0, 0.1) is 0 Å². The molecule has 0 saturated carbocycles. The van der Waals surface area contributed by atoms with Gasteiger partial charge in [-0.05, 0) is 91.6 Å². The lowest BCUT2D eigenvalue weighted by molar-refractivity contribution is -0.137. The van der Waals surface area contributed by atoms with Crippen LogP contribution in [0.2, 0.25) is 0 Å². The van der Waals surface area contributed by atoms with E-state index in [9.17, 15) is 13.2 Å². The molecule has 1 heterocycles. The number of rotatable bonds is 4. The summed E-state index contributed by atoms with van der Waals surface area (Å²) in [6, 6.07) is 11.0. The lowest BCUT2D eigenvalue weighted by Crippen LogP contribution is -2.19. The predicted molar refractivity (Wildman–Crippen MR) is 97.2 cm³/mol. The van der Waals surface area contributed by atoms with Gasteiger partial charge in [-0.2, -0.15) is 13.2 Å². The van der Waals surface area contributed by atoms with E-state index in [4.69, 9.17) is 0 Å². The first-order chi connectivity index (χ1) is 12.5. The Morgan fingerprint density at radius 3 is 2.27 bits per heavy atom.